The lowest BCUT2D eigenvalue weighted by atomic mass is 10.3. The van der Waals surface area contributed by atoms with E-state index in [0.29, 0.717) is 5.75 Å². The first kappa shape index (κ1) is 15.3. The molecule has 3 nitrogen and oxygen atoms in total. The van der Waals surface area contributed by atoms with E-state index < -0.39 is 0 Å². The zero-order chi connectivity index (χ0) is 11.3. The molecule has 5 heteroatoms. The summed E-state index contributed by atoms with van der Waals surface area (Å²) in [6.07, 6.45) is 4.10. The fourth-order valence-electron chi connectivity index (χ4n) is 1.13. The predicted octanol–water partition coefficient (Wildman–Crippen LogP) is -1.48. The molecule has 0 aliphatic heterocycles. The average molecular weight is 306 g/mol. The number of carbonyl (C=O) groups is 1. The lowest BCUT2D eigenvalue weighted by Crippen LogP contribution is -3.00. The fraction of sp³-hybridized carbons (Fsp3) is 0.364. The van der Waals surface area contributed by atoms with Gasteiger partial charge in [0, 0.05) is 5.69 Å². The number of halogens is 1. The first-order valence-electron chi connectivity index (χ1n) is 4.60. The molecule has 0 unspecified atom stereocenters. The first-order chi connectivity index (χ1) is 7.11. The summed E-state index contributed by atoms with van der Waals surface area (Å²) in [4.78, 5) is 11.4. The minimum atomic E-state index is 0. The summed E-state index contributed by atoms with van der Waals surface area (Å²) in [5.41, 5.74) is 0.811. The largest absolute Gasteiger partial charge is 1.00 e. The van der Waals surface area contributed by atoms with Crippen molar-refractivity contribution >= 4 is 22.5 Å². The molecule has 90 valence electrons. The summed E-state index contributed by atoms with van der Waals surface area (Å²) >= 11 is 0. The number of ether oxygens (including phenoxy) is 1. The molecule has 0 saturated heterocycles. The van der Waals surface area contributed by atoms with Crippen molar-refractivity contribution in [2.45, 2.75) is 0 Å². The maximum Gasteiger partial charge on any atom is 0.274 e. The highest BCUT2D eigenvalue weighted by molar-refractivity contribution is 7.96. The number of nitrogens with one attached hydrogen (secondary N) is 1. The molecule has 0 fully saturated rings. The standard InChI is InChI=1S/C11H15NO2S.BrH/c1-14-10-6-4-9(5-7-10)12-11(13)8-15(2)3;/h4-7H,8H2,1-3H3;1H. The number of amides is 1. The van der Waals surface area contributed by atoms with Crippen LogP contribution in [0.2, 0.25) is 0 Å². The van der Waals surface area contributed by atoms with Gasteiger partial charge in [-0.3, -0.25) is 4.79 Å². The van der Waals surface area contributed by atoms with Gasteiger partial charge in [-0.25, -0.2) is 0 Å². The van der Waals surface area contributed by atoms with Crippen molar-refractivity contribution in [1.29, 1.82) is 0 Å². The molecule has 1 aromatic carbocycles. The van der Waals surface area contributed by atoms with Gasteiger partial charge in [-0.15, -0.1) is 0 Å². The van der Waals surface area contributed by atoms with Gasteiger partial charge in [-0.05, 0) is 35.2 Å². The third-order valence-corrected chi connectivity index (χ3v) is 2.63. The van der Waals surface area contributed by atoms with Crippen molar-refractivity contribution in [2.75, 3.05) is 30.7 Å². The minimum Gasteiger partial charge on any atom is -1.00 e. The van der Waals surface area contributed by atoms with Crippen LogP contribution in [0.15, 0.2) is 24.3 Å². The average Bonchev–Trinajstić information content (AvgIpc) is 2.17. The number of hydrogen-bond donors (Lipinski definition) is 1. The summed E-state index contributed by atoms with van der Waals surface area (Å²) in [5, 5.41) is 2.84. The lowest BCUT2D eigenvalue weighted by Gasteiger charge is -2.04. The second kappa shape index (κ2) is 7.57. The van der Waals surface area contributed by atoms with E-state index >= 15 is 0 Å². The molecular weight excluding hydrogens is 290 g/mol. The van der Waals surface area contributed by atoms with Gasteiger partial charge in [0.1, 0.15) is 5.75 Å². The Bertz CT molecular complexity index is 327. The van der Waals surface area contributed by atoms with E-state index in [0.717, 1.165) is 11.4 Å². The Kier molecular flexibility index (Phi) is 7.25. The number of benzene rings is 1. The van der Waals surface area contributed by atoms with Crippen LogP contribution in [0.3, 0.4) is 0 Å². The third-order valence-electron chi connectivity index (χ3n) is 1.79. The number of methoxy groups -OCH3 is 1. The Morgan fingerprint density at radius 1 is 1.31 bits per heavy atom. The van der Waals surface area contributed by atoms with Gasteiger partial charge in [-0.1, -0.05) is 0 Å². The van der Waals surface area contributed by atoms with E-state index in [1.807, 2.05) is 36.8 Å². The predicted molar refractivity (Wildman–Crippen MR) is 65.7 cm³/mol. The molecule has 0 heterocycles. The highest BCUT2D eigenvalue weighted by Gasteiger charge is 2.11. The van der Waals surface area contributed by atoms with Crippen molar-refractivity contribution < 1.29 is 26.5 Å². The van der Waals surface area contributed by atoms with E-state index in [9.17, 15) is 4.79 Å². The Hall–Kier alpha value is -0.680. The molecular formula is C11H16BrNO2S. The maximum absolute atomic E-state index is 11.4. The maximum atomic E-state index is 11.4. The zero-order valence-electron chi connectivity index (χ0n) is 9.62. The molecule has 0 spiro atoms. The molecule has 1 rings (SSSR count). The Labute approximate surface area is 110 Å². The van der Waals surface area contributed by atoms with Crippen molar-refractivity contribution in [2.24, 2.45) is 0 Å². The first-order valence-corrected chi connectivity index (χ1v) is 6.81. The molecule has 16 heavy (non-hydrogen) atoms. The van der Waals surface area contributed by atoms with Crippen molar-refractivity contribution in [1.82, 2.24) is 0 Å². The normalized spacial score (nSPS) is 9.50. The summed E-state index contributed by atoms with van der Waals surface area (Å²) in [5.74, 6) is 1.43. The third kappa shape index (κ3) is 5.42. The highest BCUT2D eigenvalue weighted by atomic mass is 79.9. The number of carbonyl (C=O) groups excluding carboxylic acids is 1. The summed E-state index contributed by atoms with van der Waals surface area (Å²) in [6.45, 7) is 0. The molecule has 1 N–H and O–H groups in total. The van der Waals surface area contributed by atoms with Crippen LogP contribution in [-0.2, 0) is 15.7 Å². The van der Waals surface area contributed by atoms with Crippen LogP contribution in [0.25, 0.3) is 0 Å². The molecule has 1 amide bonds. The summed E-state index contributed by atoms with van der Waals surface area (Å²) < 4.78 is 5.03. The molecule has 0 atom stereocenters. The molecule has 0 bridgehead atoms. The Balaban J connectivity index is 0.00000225. The van der Waals surface area contributed by atoms with Gasteiger partial charge in [0.25, 0.3) is 5.91 Å². The smallest absolute Gasteiger partial charge is 0.274 e. The van der Waals surface area contributed by atoms with E-state index in [1.165, 1.54) is 0 Å². The van der Waals surface area contributed by atoms with E-state index in [2.05, 4.69) is 5.32 Å². The minimum absolute atomic E-state index is 0. The van der Waals surface area contributed by atoms with Gasteiger partial charge in [0.2, 0.25) is 0 Å². The summed E-state index contributed by atoms with van der Waals surface area (Å²) in [7, 11) is 1.76. The van der Waals surface area contributed by atoms with Crippen molar-refractivity contribution in [3.63, 3.8) is 0 Å². The molecule has 1 aromatic rings. The van der Waals surface area contributed by atoms with Gasteiger partial charge in [-0.2, -0.15) is 0 Å². The second-order valence-corrected chi connectivity index (χ2v) is 5.67. The molecule has 0 aliphatic rings. The van der Waals surface area contributed by atoms with Crippen LogP contribution in [0, 0.1) is 0 Å². The van der Waals surface area contributed by atoms with Gasteiger partial charge < -0.3 is 27.0 Å². The molecule has 0 aliphatic carbocycles. The van der Waals surface area contributed by atoms with Gasteiger partial charge in [0.05, 0.1) is 19.6 Å². The van der Waals surface area contributed by atoms with E-state index in [4.69, 9.17) is 4.74 Å². The molecule has 0 saturated carbocycles. The molecule has 0 radical (unpaired) electrons. The number of rotatable bonds is 4. The second-order valence-electron chi connectivity index (χ2n) is 3.41. The van der Waals surface area contributed by atoms with Crippen LogP contribution in [0.1, 0.15) is 0 Å². The van der Waals surface area contributed by atoms with Gasteiger partial charge in [0.15, 0.2) is 5.75 Å². The van der Waals surface area contributed by atoms with Crippen molar-refractivity contribution in [3.05, 3.63) is 24.3 Å². The molecule has 0 aromatic heterocycles. The highest BCUT2D eigenvalue weighted by Crippen LogP contribution is 2.14. The van der Waals surface area contributed by atoms with Crippen LogP contribution >= 0.6 is 0 Å². The quantitative estimate of drug-likeness (QED) is 0.689. The van der Waals surface area contributed by atoms with E-state index in [1.54, 1.807) is 7.11 Å². The SMILES string of the molecule is COc1ccc(NC(=O)C[S+](C)C)cc1.[Br-]. The lowest BCUT2D eigenvalue weighted by molar-refractivity contribution is -0.113. The summed E-state index contributed by atoms with van der Waals surface area (Å²) in [6, 6.07) is 7.32. The number of anilines is 1. The topological polar surface area (TPSA) is 38.3 Å². The fourth-order valence-corrected chi connectivity index (χ4v) is 1.73. The van der Waals surface area contributed by atoms with Crippen LogP contribution in [0.4, 0.5) is 5.69 Å². The van der Waals surface area contributed by atoms with Gasteiger partial charge >= 0.3 is 0 Å². The van der Waals surface area contributed by atoms with Crippen molar-refractivity contribution in [3.8, 4) is 5.75 Å². The zero-order valence-corrected chi connectivity index (χ0v) is 12.0. The Morgan fingerprint density at radius 3 is 2.31 bits per heavy atom. The van der Waals surface area contributed by atoms with Crippen LogP contribution < -0.4 is 27.0 Å². The monoisotopic (exact) mass is 305 g/mol. The van der Waals surface area contributed by atoms with E-state index in [-0.39, 0.29) is 33.8 Å². The van der Waals surface area contributed by atoms with Crippen LogP contribution in [0.5, 0.6) is 5.75 Å². The van der Waals surface area contributed by atoms with Crippen LogP contribution in [-0.4, -0.2) is 31.3 Å². The number of hydrogen-bond acceptors (Lipinski definition) is 2. The Morgan fingerprint density at radius 2 is 1.88 bits per heavy atom.